The van der Waals surface area contributed by atoms with Crippen LogP contribution in [0.5, 0.6) is 17.2 Å². The van der Waals surface area contributed by atoms with Crippen LogP contribution in [0.25, 0.3) is 0 Å². The lowest BCUT2D eigenvalue weighted by Crippen LogP contribution is -2.25. The molecule has 1 amide bonds. The van der Waals surface area contributed by atoms with Crippen molar-refractivity contribution in [1.82, 2.24) is 0 Å². The van der Waals surface area contributed by atoms with E-state index in [1.807, 2.05) is 0 Å². The number of amides is 1. The first-order valence-corrected chi connectivity index (χ1v) is 9.98. The van der Waals surface area contributed by atoms with E-state index in [4.69, 9.17) is 14.2 Å². The van der Waals surface area contributed by atoms with E-state index < -0.39 is 10.0 Å². The molecule has 0 atom stereocenters. The second-order valence-electron chi connectivity index (χ2n) is 6.15. The van der Waals surface area contributed by atoms with Gasteiger partial charge in [0.1, 0.15) is 5.75 Å². The summed E-state index contributed by atoms with van der Waals surface area (Å²) in [4.78, 5) is 12.6. The van der Waals surface area contributed by atoms with Crippen LogP contribution in [-0.4, -0.2) is 40.5 Å². The maximum Gasteiger partial charge on any atom is 0.255 e. The van der Waals surface area contributed by atoms with Crippen LogP contribution in [-0.2, 0) is 10.0 Å². The maximum atomic E-state index is 12.6. The van der Waals surface area contributed by atoms with Gasteiger partial charge in [-0.05, 0) is 42.8 Å². The maximum absolute atomic E-state index is 12.6. The zero-order valence-corrected chi connectivity index (χ0v) is 15.4. The highest BCUT2D eigenvalue weighted by Gasteiger charge is 2.30. The van der Waals surface area contributed by atoms with Crippen molar-refractivity contribution in [3.8, 4) is 17.2 Å². The van der Waals surface area contributed by atoms with Gasteiger partial charge in [-0.3, -0.25) is 9.10 Å². The van der Waals surface area contributed by atoms with Crippen molar-refractivity contribution >= 4 is 27.3 Å². The van der Waals surface area contributed by atoms with E-state index in [1.165, 1.54) is 11.4 Å². The number of nitrogens with zero attached hydrogens (tertiary/aromatic N) is 1. The van der Waals surface area contributed by atoms with Crippen molar-refractivity contribution in [3.63, 3.8) is 0 Å². The number of sulfonamides is 1. The van der Waals surface area contributed by atoms with Crippen molar-refractivity contribution in [2.75, 3.05) is 35.8 Å². The third kappa shape index (κ3) is 3.25. The van der Waals surface area contributed by atoms with Crippen LogP contribution in [0.1, 0.15) is 16.8 Å². The molecular weight excluding hydrogens is 372 g/mol. The highest BCUT2D eigenvalue weighted by atomic mass is 32.2. The van der Waals surface area contributed by atoms with Gasteiger partial charge in [0.05, 0.1) is 18.6 Å². The van der Waals surface area contributed by atoms with E-state index in [2.05, 4.69) is 5.32 Å². The Morgan fingerprint density at radius 1 is 1.15 bits per heavy atom. The van der Waals surface area contributed by atoms with E-state index in [1.54, 1.807) is 36.4 Å². The van der Waals surface area contributed by atoms with Crippen LogP contribution in [0.4, 0.5) is 11.4 Å². The smallest absolute Gasteiger partial charge is 0.255 e. The molecule has 1 fully saturated rings. The van der Waals surface area contributed by atoms with Crippen molar-refractivity contribution in [3.05, 3.63) is 42.0 Å². The number of carbonyl (C=O) groups is 1. The molecule has 8 nitrogen and oxygen atoms in total. The Kier molecular flexibility index (Phi) is 4.31. The summed E-state index contributed by atoms with van der Waals surface area (Å²) in [5.74, 6) is 1.30. The van der Waals surface area contributed by atoms with Gasteiger partial charge in [-0.2, -0.15) is 0 Å². The van der Waals surface area contributed by atoms with E-state index in [0.717, 1.165) is 0 Å². The number of methoxy groups -OCH3 is 1. The van der Waals surface area contributed by atoms with Crippen LogP contribution < -0.4 is 23.8 Å². The summed E-state index contributed by atoms with van der Waals surface area (Å²) >= 11 is 0. The number of anilines is 2. The zero-order valence-electron chi connectivity index (χ0n) is 14.6. The molecule has 0 unspecified atom stereocenters. The third-order valence-electron chi connectivity index (χ3n) is 4.44. The Morgan fingerprint density at radius 3 is 2.70 bits per heavy atom. The molecule has 0 bridgehead atoms. The van der Waals surface area contributed by atoms with Gasteiger partial charge in [-0.15, -0.1) is 0 Å². The molecule has 0 aliphatic carbocycles. The Balaban J connectivity index is 1.61. The number of fused-ring (bicyclic) bond motifs is 1. The summed E-state index contributed by atoms with van der Waals surface area (Å²) in [5, 5.41) is 2.78. The molecule has 0 aromatic heterocycles. The minimum atomic E-state index is -3.37. The molecule has 0 radical (unpaired) electrons. The Labute approximate surface area is 156 Å². The molecule has 4 rings (SSSR count). The lowest BCUT2D eigenvalue weighted by Gasteiger charge is -2.20. The topological polar surface area (TPSA) is 94.2 Å². The van der Waals surface area contributed by atoms with Crippen molar-refractivity contribution < 1.29 is 27.4 Å². The van der Waals surface area contributed by atoms with Crippen LogP contribution in [0.3, 0.4) is 0 Å². The summed E-state index contributed by atoms with van der Waals surface area (Å²) in [6.07, 6.45) is 0.555. The quantitative estimate of drug-likeness (QED) is 0.860. The molecule has 1 N–H and O–H groups in total. The van der Waals surface area contributed by atoms with Crippen molar-refractivity contribution in [1.29, 1.82) is 0 Å². The molecule has 0 spiro atoms. The largest absolute Gasteiger partial charge is 0.495 e. The van der Waals surface area contributed by atoms with Gasteiger partial charge < -0.3 is 19.5 Å². The molecule has 1 saturated heterocycles. The van der Waals surface area contributed by atoms with Gasteiger partial charge in [0.25, 0.3) is 5.91 Å². The van der Waals surface area contributed by atoms with Gasteiger partial charge in [0.15, 0.2) is 11.5 Å². The number of carbonyl (C=O) groups excluding carboxylic acids is 1. The molecule has 27 heavy (non-hydrogen) atoms. The van der Waals surface area contributed by atoms with E-state index in [-0.39, 0.29) is 18.5 Å². The first kappa shape index (κ1) is 17.5. The van der Waals surface area contributed by atoms with Gasteiger partial charge in [-0.25, -0.2) is 8.42 Å². The average molecular weight is 390 g/mol. The van der Waals surface area contributed by atoms with Gasteiger partial charge in [0, 0.05) is 17.8 Å². The number of hydrogen-bond donors (Lipinski definition) is 1. The molecule has 142 valence electrons. The van der Waals surface area contributed by atoms with Crippen molar-refractivity contribution in [2.24, 2.45) is 0 Å². The molecule has 9 heteroatoms. The van der Waals surface area contributed by atoms with Crippen molar-refractivity contribution in [2.45, 2.75) is 6.42 Å². The van der Waals surface area contributed by atoms with E-state index in [0.29, 0.717) is 47.2 Å². The third-order valence-corrected chi connectivity index (χ3v) is 6.29. The number of hydrogen-bond acceptors (Lipinski definition) is 6. The van der Waals surface area contributed by atoms with Crippen LogP contribution >= 0.6 is 0 Å². The molecule has 0 saturated carbocycles. The summed E-state index contributed by atoms with van der Waals surface area (Å²) < 4.78 is 41.6. The Morgan fingerprint density at radius 2 is 1.96 bits per heavy atom. The molecular formula is C18H18N2O6S. The number of nitrogens with one attached hydrogen (secondary N) is 1. The first-order valence-electron chi connectivity index (χ1n) is 8.37. The lowest BCUT2D eigenvalue weighted by atomic mass is 10.1. The second kappa shape index (κ2) is 6.66. The highest BCUT2D eigenvalue weighted by molar-refractivity contribution is 7.93. The fourth-order valence-electron chi connectivity index (χ4n) is 3.11. The predicted octanol–water partition coefficient (Wildman–Crippen LogP) is 2.22. The number of benzene rings is 2. The normalized spacial score (nSPS) is 17.0. The molecule has 2 aliphatic heterocycles. The number of ether oxygens (including phenoxy) is 3. The summed E-state index contributed by atoms with van der Waals surface area (Å²) in [7, 11) is -1.89. The van der Waals surface area contributed by atoms with Gasteiger partial charge >= 0.3 is 0 Å². The van der Waals surface area contributed by atoms with Crippen LogP contribution in [0.15, 0.2) is 36.4 Å². The molecule has 2 aromatic rings. The molecule has 2 heterocycles. The molecule has 2 aromatic carbocycles. The SMILES string of the molecule is COc1ccc(NC(=O)c2ccc3c(c2)OCO3)cc1N1CCCS1(=O)=O. The highest BCUT2D eigenvalue weighted by Crippen LogP contribution is 2.36. The standard InChI is InChI=1S/C18H18N2O6S/c1-24-15-6-4-13(10-14(15)20-7-2-8-27(20,22)23)19-18(21)12-3-5-16-17(9-12)26-11-25-16/h3-6,9-10H,2,7-8,11H2,1H3,(H,19,21). The second-order valence-corrected chi connectivity index (χ2v) is 8.16. The monoisotopic (exact) mass is 390 g/mol. The van der Waals surface area contributed by atoms with E-state index >= 15 is 0 Å². The summed E-state index contributed by atoms with van der Waals surface area (Å²) in [6.45, 7) is 0.519. The summed E-state index contributed by atoms with van der Waals surface area (Å²) in [6, 6.07) is 9.82. The lowest BCUT2D eigenvalue weighted by molar-refractivity contribution is 0.102. The van der Waals surface area contributed by atoms with Gasteiger partial charge in [-0.1, -0.05) is 0 Å². The summed E-state index contributed by atoms with van der Waals surface area (Å²) in [5.41, 5.74) is 1.29. The van der Waals surface area contributed by atoms with Crippen LogP contribution in [0.2, 0.25) is 0 Å². The van der Waals surface area contributed by atoms with Crippen LogP contribution in [0, 0.1) is 0 Å². The van der Waals surface area contributed by atoms with E-state index in [9.17, 15) is 13.2 Å². The Hall–Kier alpha value is -2.94. The minimum Gasteiger partial charge on any atom is -0.495 e. The minimum absolute atomic E-state index is 0.101. The zero-order chi connectivity index (χ0) is 19.0. The predicted molar refractivity (Wildman–Crippen MR) is 99.3 cm³/mol. The fourth-order valence-corrected chi connectivity index (χ4v) is 4.68. The first-order chi connectivity index (χ1) is 13.0. The number of rotatable bonds is 4. The Bertz CT molecular complexity index is 1000. The fraction of sp³-hybridized carbons (Fsp3) is 0.278. The average Bonchev–Trinajstić information content (AvgIpc) is 3.26. The van der Waals surface area contributed by atoms with Gasteiger partial charge in [0.2, 0.25) is 16.8 Å². The molecule has 2 aliphatic rings.